The molecule has 0 bridgehead atoms. The SMILES string of the molecule is Cc1nc(Nc2cnccn2)cc([C@@H]2CCN(c3ncccn3)C2)n1. The Morgan fingerprint density at radius 2 is 1.92 bits per heavy atom. The number of anilines is 3. The van der Waals surface area contributed by atoms with Crippen LogP contribution in [0.5, 0.6) is 0 Å². The van der Waals surface area contributed by atoms with Crippen molar-refractivity contribution < 1.29 is 0 Å². The molecular formula is C17H18N8. The summed E-state index contributed by atoms with van der Waals surface area (Å²) in [6, 6.07) is 3.82. The van der Waals surface area contributed by atoms with Gasteiger partial charge in [0, 0.05) is 49.9 Å². The van der Waals surface area contributed by atoms with Crippen LogP contribution >= 0.6 is 0 Å². The summed E-state index contributed by atoms with van der Waals surface area (Å²) in [5.41, 5.74) is 1.03. The second kappa shape index (κ2) is 6.76. The lowest BCUT2D eigenvalue weighted by Crippen LogP contribution is -2.21. The van der Waals surface area contributed by atoms with Crippen molar-refractivity contribution in [2.75, 3.05) is 23.3 Å². The average Bonchev–Trinajstić information content (AvgIpc) is 3.13. The molecule has 4 rings (SSSR count). The highest BCUT2D eigenvalue weighted by atomic mass is 15.3. The van der Waals surface area contributed by atoms with E-state index in [0.717, 1.165) is 42.8 Å². The van der Waals surface area contributed by atoms with Crippen molar-refractivity contribution in [2.24, 2.45) is 0 Å². The molecule has 8 heteroatoms. The van der Waals surface area contributed by atoms with E-state index < -0.39 is 0 Å². The molecule has 0 spiro atoms. The fourth-order valence-electron chi connectivity index (χ4n) is 3.00. The van der Waals surface area contributed by atoms with Gasteiger partial charge < -0.3 is 10.2 Å². The Morgan fingerprint density at radius 3 is 2.72 bits per heavy atom. The molecule has 1 atom stereocenters. The van der Waals surface area contributed by atoms with E-state index in [-0.39, 0.29) is 0 Å². The fourth-order valence-corrected chi connectivity index (χ4v) is 3.00. The number of aromatic nitrogens is 6. The monoisotopic (exact) mass is 334 g/mol. The normalized spacial score (nSPS) is 16.8. The van der Waals surface area contributed by atoms with Gasteiger partial charge in [0.05, 0.1) is 11.9 Å². The van der Waals surface area contributed by atoms with Crippen LogP contribution in [0.4, 0.5) is 17.6 Å². The predicted molar refractivity (Wildman–Crippen MR) is 93.7 cm³/mol. The predicted octanol–water partition coefficient (Wildman–Crippen LogP) is 2.10. The third-order valence-electron chi connectivity index (χ3n) is 4.12. The smallest absolute Gasteiger partial charge is 0.225 e. The summed E-state index contributed by atoms with van der Waals surface area (Å²) < 4.78 is 0. The Morgan fingerprint density at radius 1 is 1.04 bits per heavy atom. The van der Waals surface area contributed by atoms with Crippen LogP contribution in [0.25, 0.3) is 0 Å². The average molecular weight is 334 g/mol. The van der Waals surface area contributed by atoms with E-state index >= 15 is 0 Å². The van der Waals surface area contributed by atoms with Crippen LogP contribution in [-0.2, 0) is 0 Å². The first-order valence-electron chi connectivity index (χ1n) is 8.18. The molecule has 0 radical (unpaired) electrons. The van der Waals surface area contributed by atoms with E-state index in [1.807, 2.05) is 19.1 Å². The second-order valence-corrected chi connectivity index (χ2v) is 5.92. The molecule has 3 aromatic heterocycles. The molecule has 0 aromatic carbocycles. The molecule has 1 fully saturated rings. The van der Waals surface area contributed by atoms with Gasteiger partial charge in [-0.15, -0.1) is 0 Å². The Kier molecular flexibility index (Phi) is 4.16. The van der Waals surface area contributed by atoms with E-state index in [2.05, 4.69) is 40.1 Å². The molecule has 1 N–H and O–H groups in total. The van der Waals surface area contributed by atoms with Gasteiger partial charge in [0.1, 0.15) is 17.5 Å². The number of aryl methyl sites for hydroxylation is 1. The first-order valence-corrected chi connectivity index (χ1v) is 8.18. The summed E-state index contributed by atoms with van der Waals surface area (Å²) in [5, 5.41) is 3.19. The number of nitrogens with zero attached hydrogens (tertiary/aromatic N) is 7. The van der Waals surface area contributed by atoms with Gasteiger partial charge >= 0.3 is 0 Å². The molecule has 25 heavy (non-hydrogen) atoms. The largest absolute Gasteiger partial charge is 0.340 e. The van der Waals surface area contributed by atoms with Crippen molar-refractivity contribution in [3.63, 3.8) is 0 Å². The van der Waals surface area contributed by atoms with Crippen LogP contribution in [0.3, 0.4) is 0 Å². The van der Waals surface area contributed by atoms with E-state index in [4.69, 9.17) is 0 Å². The summed E-state index contributed by atoms with van der Waals surface area (Å²) in [7, 11) is 0. The van der Waals surface area contributed by atoms with Gasteiger partial charge in [-0.05, 0) is 19.4 Å². The van der Waals surface area contributed by atoms with Gasteiger partial charge in [-0.25, -0.2) is 24.9 Å². The molecule has 0 unspecified atom stereocenters. The zero-order valence-corrected chi connectivity index (χ0v) is 13.9. The number of hydrogen-bond acceptors (Lipinski definition) is 8. The second-order valence-electron chi connectivity index (χ2n) is 5.92. The van der Waals surface area contributed by atoms with Crippen molar-refractivity contribution >= 4 is 17.6 Å². The van der Waals surface area contributed by atoms with Crippen molar-refractivity contribution in [3.8, 4) is 0 Å². The molecule has 1 aliphatic heterocycles. The standard InChI is InChI=1S/C17H18N8/c1-12-22-14(9-15(23-12)24-16-10-18-6-7-19-16)13-3-8-25(11-13)17-20-4-2-5-21-17/h2,4-7,9-10,13H,3,8,11H2,1H3,(H,19,22,23,24)/t13-/m1/s1. The minimum atomic E-state index is 0.327. The highest BCUT2D eigenvalue weighted by Crippen LogP contribution is 2.29. The molecule has 8 nitrogen and oxygen atoms in total. The highest BCUT2D eigenvalue weighted by Gasteiger charge is 2.27. The van der Waals surface area contributed by atoms with Crippen LogP contribution in [0.2, 0.25) is 0 Å². The zero-order chi connectivity index (χ0) is 17.1. The minimum Gasteiger partial charge on any atom is -0.340 e. The summed E-state index contributed by atoms with van der Waals surface area (Å²) in [4.78, 5) is 28.2. The number of rotatable bonds is 4. The third-order valence-corrected chi connectivity index (χ3v) is 4.12. The fraction of sp³-hybridized carbons (Fsp3) is 0.294. The molecule has 0 amide bonds. The van der Waals surface area contributed by atoms with Gasteiger partial charge in [-0.2, -0.15) is 0 Å². The molecule has 126 valence electrons. The Labute approximate surface area is 145 Å². The summed E-state index contributed by atoms with van der Waals surface area (Å²) in [6.07, 6.45) is 9.51. The highest BCUT2D eigenvalue weighted by molar-refractivity contribution is 5.51. The van der Waals surface area contributed by atoms with E-state index in [1.165, 1.54) is 0 Å². The van der Waals surface area contributed by atoms with Crippen molar-refractivity contribution in [1.82, 2.24) is 29.9 Å². The lowest BCUT2D eigenvalue weighted by atomic mass is 10.0. The molecule has 0 saturated carbocycles. The third kappa shape index (κ3) is 3.52. The van der Waals surface area contributed by atoms with Gasteiger partial charge in [0.15, 0.2) is 0 Å². The maximum Gasteiger partial charge on any atom is 0.225 e. The van der Waals surface area contributed by atoms with Crippen molar-refractivity contribution in [3.05, 3.63) is 54.6 Å². The summed E-state index contributed by atoms with van der Waals surface area (Å²) >= 11 is 0. The Bertz CT molecular complexity index is 840. The zero-order valence-electron chi connectivity index (χ0n) is 13.9. The van der Waals surface area contributed by atoms with Crippen molar-refractivity contribution in [2.45, 2.75) is 19.3 Å². The molecular weight excluding hydrogens is 316 g/mol. The first kappa shape index (κ1) is 15.4. The van der Waals surface area contributed by atoms with Gasteiger partial charge in [0.2, 0.25) is 5.95 Å². The van der Waals surface area contributed by atoms with Crippen molar-refractivity contribution in [1.29, 1.82) is 0 Å². The van der Waals surface area contributed by atoms with Crippen LogP contribution in [0.1, 0.15) is 23.9 Å². The molecule has 1 saturated heterocycles. The summed E-state index contributed by atoms with van der Waals surface area (Å²) in [6.45, 7) is 3.67. The number of nitrogens with one attached hydrogen (secondary N) is 1. The number of hydrogen-bond donors (Lipinski definition) is 1. The minimum absolute atomic E-state index is 0.327. The molecule has 3 aromatic rings. The molecule has 4 heterocycles. The maximum absolute atomic E-state index is 4.63. The first-order chi connectivity index (χ1) is 12.3. The van der Waals surface area contributed by atoms with Crippen LogP contribution < -0.4 is 10.2 Å². The maximum atomic E-state index is 4.63. The molecule has 0 aliphatic carbocycles. The topological polar surface area (TPSA) is 92.6 Å². The van der Waals surface area contributed by atoms with Gasteiger partial charge in [-0.1, -0.05) is 0 Å². The van der Waals surface area contributed by atoms with E-state index in [9.17, 15) is 0 Å². The Hall–Kier alpha value is -3.16. The van der Waals surface area contributed by atoms with Gasteiger partial charge in [-0.3, -0.25) is 4.98 Å². The lowest BCUT2D eigenvalue weighted by molar-refractivity contribution is 0.732. The quantitative estimate of drug-likeness (QED) is 0.775. The van der Waals surface area contributed by atoms with Crippen LogP contribution in [0.15, 0.2) is 43.1 Å². The van der Waals surface area contributed by atoms with E-state index in [1.54, 1.807) is 31.0 Å². The van der Waals surface area contributed by atoms with E-state index in [0.29, 0.717) is 11.7 Å². The van der Waals surface area contributed by atoms with Crippen LogP contribution in [0, 0.1) is 6.92 Å². The lowest BCUT2D eigenvalue weighted by Gasteiger charge is -2.16. The van der Waals surface area contributed by atoms with Gasteiger partial charge in [0.25, 0.3) is 0 Å². The Balaban J connectivity index is 1.53. The van der Waals surface area contributed by atoms with Crippen LogP contribution in [-0.4, -0.2) is 43.0 Å². The molecule has 1 aliphatic rings. The summed E-state index contributed by atoms with van der Waals surface area (Å²) in [5.74, 6) is 3.23.